The van der Waals surface area contributed by atoms with Gasteiger partial charge in [-0.15, -0.1) is 0 Å². The molecule has 15 heavy (non-hydrogen) atoms. The van der Waals surface area contributed by atoms with Crippen LogP contribution >= 0.6 is 0 Å². The van der Waals surface area contributed by atoms with Gasteiger partial charge in [0.15, 0.2) is 5.82 Å². The summed E-state index contributed by atoms with van der Waals surface area (Å²) in [5.41, 5.74) is 0. The van der Waals surface area contributed by atoms with Gasteiger partial charge in [-0.1, -0.05) is 5.16 Å². The van der Waals surface area contributed by atoms with E-state index < -0.39 is 0 Å². The lowest BCUT2D eigenvalue weighted by Crippen LogP contribution is -2.36. The summed E-state index contributed by atoms with van der Waals surface area (Å²) < 4.78 is 5.04. The van der Waals surface area contributed by atoms with Crippen LogP contribution in [0.2, 0.25) is 0 Å². The van der Waals surface area contributed by atoms with Crippen LogP contribution in [0.5, 0.6) is 0 Å². The Morgan fingerprint density at radius 3 is 2.80 bits per heavy atom. The number of aryl methyl sites for hydroxylation is 1. The van der Waals surface area contributed by atoms with Crippen molar-refractivity contribution >= 4 is 0 Å². The predicted octanol–water partition coefficient (Wildman–Crippen LogP) is 0.581. The topological polar surface area (TPSA) is 62.4 Å². The third kappa shape index (κ3) is 2.76. The van der Waals surface area contributed by atoms with Crippen molar-refractivity contribution in [3.05, 3.63) is 11.7 Å². The Hall–Kier alpha value is -0.940. The van der Waals surface area contributed by atoms with Crippen molar-refractivity contribution in [1.29, 1.82) is 0 Å². The second-order valence-corrected chi connectivity index (χ2v) is 4.42. The number of aromatic nitrogens is 2. The molecule has 0 unspecified atom stereocenters. The molecule has 0 aliphatic heterocycles. The fourth-order valence-electron chi connectivity index (χ4n) is 1.99. The Balaban J connectivity index is 1.75. The first-order chi connectivity index (χ1) is 7.13. The van der Waals surface area contributed by atoms with Crippen LogP contribution < -0.4 is 0 Å². The first kappa shape index (κ1) is 10.6. The maximum Gasteiger partial charge on any atom is 0.240 e. The molecule has 2 rings (SSSR count). The monoisotopic (exact) mass is 211 g/mol. The Morgan fingerprint density at radius 1 is 1.53 bits per heavy atom. The molecule has 1 saturated carbocycles. The smallest absolute Gasteiger partial charge is 0.240 e. The van der Waals surface area contributed by atoms with Crippen molar-refractivity contribution in [2.75, 3.05) is 13.6 Å². The van der Waals surface area contributed by atoms with Gasteiger partial charge < -0.3 is 9.63 Å². The molecule has 1 aliphatic carbocycles. The lowest BCUT2D eigenvalue weighted by molar-refractivity contribution is 0.0261. The van der Waals surface area contributed by atoms with Crippen LogP contribution in [0.4, 0.5) is 0 Å². The van der Waals surface area contributed by atoms with E-state index in [2.05, 4.69) is 15.0 Å². The second-order valence-electron chi connectivity index (χ2n) is 4.42. The summed E-state index contributed by atoms with van der Waals surface area (Å²) in [6, 6.07) is 0. The van der Waals surface area contributed by atoms with Gasteiger partial charge in [-0.25, -0.2) is 0 Å². The van der Waals surface area contributed by atoms with Gasteiger partial charge >= 0.3 is 0 Å². The SMILES string of the molecule is Cc1noc(CN(C)CC2CC(O)C2)n1. The summed E-state index contributed by atoms with van der Waals surface area (Å²) >= 11 is 0. The van der Waals surface area contributed by atoms with E-state index in [1.165, 1.54) is 0 Å². The average molecular weight is 211 g/mol. The molecule has 1 heterocycles. The van der Waals surface area contributed by atoms with Crippen LogP contribution in [0, 0.1) is 12.8 Å². The van der Waals surface area contributed by atoms with Gasteiger partial charge in [-0.05, 0) is 32.7 Å². The normalized spacial score (nSPS) is 25.6. The molecule has 0 amide bonds. The van der Waals surface area contributed by atoms with Crippen LogP contribution in [0.1, 0.15) is 24.6 Å². The van der Waals surface area contributed by atoms with Crippen molar-refractivity contribution in [1.82, 2.24) is 15.0 Å². The third-order valence-corrected chi connectivity index (χ3v) is 2.76. The van der Waals surface area contributed by atoms with Crippen molar-refractivity contribution in [3.8, 4) is 0 Å². The van der Waals surface area contributed by atoms with Gasteiger partial charge in [0, 0.05) is 6.54 Å². The Labute approximate surface area is 89.1 Å². The summed E-state index contributed by atoms with van der Waals surface area (Å²) in [7, 11) is 2.03. The molecule has 1 N–H and O–H groups in total. The molecule has 1 aromatic heterocycles. The van der Waals surface area contributed by atoms with Crippen molar-refractivity contribution in [2.24, 2.45) is 5.92 Å². The number of aliphatic hydroxyl groups excluding tert-OH is 1. The average Bonchev–Trinajstić information content (AvgIpc) is 2.48. The van der Waals surface area contributed by atoms with Gasteiger partial charge in [-0.2, -0.15) is 4.98 Å². The van der Waals surface area contributed by atoms with E-state index in [0.717, 1.165) is 19.4 Å². The van der Waals surface area contributed by atoms with Crippen LogP contribution in [-0.4, -0.2) is 39.8 Å². The summed E-state index contributed by atoms with van der Waals surface area (Å²) in [5.74, 6) is 1.96. The first-order valence-electron chi connectivity index (χ1n) is 5.29. The lowest BCUT2D eigenvalue weighted by atomic mass is 9.82. The highest BCUT2D eigenvalue weighted by atomic mass is 16.5. The van der Waals surface area contributed by atoms with E-state index in [-0.39, 0.29) is 6.10 Å². The molecule has 0 radical (unpaired) electrons. The molecular formula is C10H17N3O2. The Kier molecular flexibility index (Phi) is 3.02. The third-order valence-electron chi connectivity index (χ3n) is 2.76. The maximum absolute atomic E-state index is 9.16. The molecular weight excluding hydrogens is 194 g/mol. The minimum Gasteiger partial charge on any atom is -0.393 e. The maximum atomic E-state index is 9.16. The molecule has 5 nitrogen and oxygen atoms in total. The molecule has 5 heteroatoms. The lowest BCUT2D eigenvalue weighted by Gasteiger charge is -2.34. The minimum absolute atomic E-state index is 0.0750. The molecule has 1 fully saturated rings. The highest BCUT2D eigenvalue weighted by Crippen LogP contribution is 2.27. The van der Waals surface area contributed by atoms with Gasteiger partial charge in [-0.3, -0.25) is 4.90 Å². The zero-order valence-corrected chi connectivity index (χ0v) is 9.18. The van der Waals surface area contributed by atoms with Crippen molar-refractivity contribution < 1.29 is 9.63 Å². The molecule has 84 valence electrons. The molecule has 1 aromatic rings. The fraction of sp³-hybridized carbons (Fsp3) is 0.800. The molecule has 1 aliphatic rings. The van der Waals surface area contributed by atoms with E-state index >= 15 is 0 Å². The standard InChI is InChI=1S/C10H17N3O2/c1-7-11-10(15-12-7)6-13(2)5-8-3-9(14)4-8/h8-9,14H,3-6H2,1-2H3. The van der Waals surface area contributed by atoms with Crippen LogP contribution in [-0.2, 0) is 6.54 Å². The van der Waals surface area contributed by atoms with Crippen LogP contribution in [0.15, 0.2) is 4.52 Å². The molecule has 0 bridgehead atoms. The number of aliphatic hydroxyl groups is 1. The number of rotatable bonds is 4. The summed E-state index contributed by atoms with van der Waals surface area (Å²) in [4.78, 5) is 6.30. The van der Waals surface area contributed by atoms with Crippen LogP contribution in [0.3, 0.4) is 0 Å². The zero-order valence-electron chi connectivity index (χ0n) is 9.18. The Morgan fingerprint density at radius 2 is 2.27 bits per heavy atom. The highest BCUT2D eigenvalue weighted by molar-refractivity contribution is 4.84. The van der Waals surface area contributed by atoms with E-state index in [0.29, 0.717) is 24.2 Å². The Bertz CT molecular complexity index is 320. The second kappa shape index (κ2) is 4.28. The van der Waals surface area contributed by atoms with Gasteiger partial charge in [0.05, 0.1) is 12.6 Å². The van der Waals surface area contributed by atoms with E-state index in [1.807, 2.05) is 14.0 Å². The molecule has 0 saturated heterocycles. The van der Waals surface area contributed by atoms with Gasteiger partial charge in [0.25, 0.3) is 0 Å². The van der Waals surface area contributed by atoms with Crippen molar-refractivity contribution in [2.45, 2.75) is 32.4 Å². The van der Waals surface area contributed by atoms with Gasteiger partial charge in [0.2, 0.25) is 5.89 Å². The van der Waals surface area contributed by atoms with E-state index in [9.17, 15) is 0 Å². The first-order valence-corrected chi connectivity index (χ1v) is 5.29. The number of nitrogens with zero attached hydrogens (tertiary/aromatic N) is 3. The summed E-state index contributed by atoms with van der Waals surface area (Å²) in [5, 5.41) is 12.9. The quantitative estimate of drug-likeness (QED) is 0.789. The zero-order chi connectivity index (χ0) is 10.8. The van der Waals surface area contributed by atoms with Crippen molar-refractivity contribution in [3.63, 3.8) is 0 Å². The highest BCUT2D eigenvalue weighted by Gasteiger charge is 2.28. The van der Waals surface area contributed by atoms with Crippen LogP contribution in [0.25, 0.3) is 0 Å². The molecule has 0 aromatic carbocycles. The minimum atomic E-state index is -0.0750. The predicted molar refractivity (Wildman–Crippen MR) is 54.1 cm³/mol. The fourth-order valence-corrected chi connectivity index (χ4v) is 1.99. The largest absolute Gasteiger partial charge is 0.393 e. The molecule has 0 spiro atoms. The molecule has 0 atom stereocenters. The van der Waals surface area contributed by atoms with Gasteiger partial charge in [0.1, 0.15) is 0 Å². The van der Waals surface area contributed by atoms with E-state index in [1.54, 1.807) is 0 Å². The van der Waals surface area contributed by atoms with E-state index in [4.69, 9.17) is 9.63 Å². The summed E-state index contributed by atoms with van der Waals surface area (Å²) in [6.45, 7) is 3.49. The summed E-state index contributed by atoms with van der Waals surface area (Å²) in [6.07, 6.45) is 1.77. The number of hydrogen-bond donors (Lipinski definition) is 1. The number of hydrogen-bond acceptors (Lipinski definition) is 5.